The van der Waals surface area contributed by atoms with Gasteiger partial charge in [0.05, 0.1) is 16.5 Å². The van der Waals surface area contributed by atoms with E-state index in [0.29, 0.717) is 5.82 Å². The Kier molecular flexibility index (Phi) is 5.79. The molecule has 0 amide bonds. The number of H-pyrrole nitrogens is 1. The third-order valence-corrected chi connectivity index (χ3v) is 7.83. The van der Waals surface area contributed by atoms with E-state index in [-0.39, 0.29) is 5.88 Å². The maximum absolute atomic E-state index is 12.9. The highest BCUT2D eigenvalue weighted by molar-refractivity contribution is 7.91. The highest BCUT2D eigenvalue weighted by Crippen LogP contribution is 2.32. The van der Waals surface area contributed by atoms with E-state index in [0.717, 1.165) is 33.4 Å². The SMILES string of the molecule is Cc1n[nH]c2cc(N(C)C3=C(c4ccccc4)C=NC(N)N3CS(=O)(=O)C(C)C)ccc12. The standard InChI is InChI=1S/C23H28N6O2S/c1-15(2)32(30,31)14-29-22(20(13-25-23(29)24)17-8-6-5-7-9-17)28(4)18-10-11-19-16(3)26-27-21(19)12-18/h5-13,15,23H,14,24H2,1-4H3,(H,26,27). The number of aryl methyl sites for hydroxylation is 1. The van der Waals surface area contributed by atoms with Crippen molar-refractivity contribution in [3.8, 4) is 0 Å². The van der Waals surface area contributed by atoms with Crippen molar-refractivity contribution in [2.75, 3.05) is 17.8 Å². The topological polar surface area (TPSA) is 108 Å². The van der Waals surface area contributed by atoms with E-state index in [9.17, 15) is 8.42 Å². The van der Waals surface area contributed by atoms with Crippen molar-refractivity contribution in [2.45, 2.75) is 32.3 Å². The molecule has 0 aliphatic carbocycles. The highest BCUT2D eigenvalue weighted by atomic mass is 32.2. The van der Waals surface area contributed by atoms with Crippen molar-refractivity contribution in [2.24, 2.45) is 10.7 Å². The number of fused-ring (bicyclic) bond motifs is 1. The summed E-state index contributed by atoms with van der Waals surface area (Å²) in [5.41, 5.74) is 10.7. The Labute approximate surface area is 188 Å². The first-order valence-corrected chi connectivity index (χ1v) is 12.2. The smallest absolute Gasteiger partial charge is 0.175 e. The molecule has 4 rings (SSSR count). The zero-order chi connectivity index (χ0) is 23.0. The molecule has 1 aliphatic rings. The number of benzene rings is 2. The van der Waals surface area contributed by atoms with Gasteiger partial charge in [0.25, 0.3) is 0 Å². The Morgan fingerprint density at radius 3 is 2.59 bits per heavy atom. The summed E-state index contributed by atoms with van der Waals surface area (Å²) in [7, 11) is -1.51. The first-order valence-electron chi connectivity index (χ1n) is 10.4. The molecule has 32 heavy (non-hydrogen) atoms. The van der Waals surface area contributed by atoms with Crippen LogP contribution >= 0.6 is 0 Å². The lowest BCUT2D eigenvalue weighted by Gasteiger charge is -2.39. The molecule has 8 nitrogen and oxygen atoms in total. The molecular formula is C23H28N6O2S. The molecule has 0 bridgehead atoms. The summed E-state index contributed by atoms with van der Waals surface area (Å²) in [5.74, 6) is 0.448. The van der Waals surface area contributed by atoms with Crippen LogP contribution in [0.1, 0.15) is 25.1 Å². The second kappa shape index (κ2) is 8.40. The number of anilines is 1. The normalized spacial score (nSPS) is 16.9. The van der Waals surface area contributed by atoms with Crippen LogP contribution in [0, 0.1) is 6.92 Å². The van der Waals surface area contributed by atoms with E-state index in [4.69, 9.17) is 5.73 Å². The van der Waals surface area contributed by atoms with E-state index in [2.05, 4.69) is 15.2 Å². The van der Waals surface area contributed by atoms with Gasteiger partial charge in [-0.05, 0) is 44.5 Å². The van der Waals surface area contributed by atoms with Crippen LogP contribution in [0.15, 0.2) is 59.3 Å². The number of sulfone groups is 1. The van der Waals surface area contributed by atoms with Crippen molar-refractivity contribution in [3.05, 3.63) is 65.6 Å². The monoisotopic (exact) mass is 452 g/mol. The fraction of sp³-hybridized carbons (Fsp3) is 0.304. The van der Waals surface area contributed by atoms with Gasteiger partial charge in [0.15, 0.2) is 16.1 Å². The van der Waals surface area contributed by atoms with Crippen LogP contribution in [-0.2, 0) is 9.84 Å². The van der Waals surface area contributed by atoms with Crippen LogP contribution in [0.2, 0.25) is 0 Å². The van der Waals surface area contributed by atoms with Crippen LogP contribution in [0.4, 0.5) is 5.69 Å². The van der Waals surface area contributed by atoms with Crippen molar-refractivity contribution in [3.63, 3.8) is 0 Å². The molecule has 2 heterocycles. The number of nitrogens with one attached hydrogen (secondary N) is 1. The van der Waals surface area contributed by atoms with Gasteiger partial charge in [0.1, 0.15) is 11.7 Å². The molecular weight excluding hydrogens is 424 g/mol. The first kappa shape index (κ1) is 22.0. The number of rotatable bonds is 6. The van der Waals surface area contributed by atoms with Gasteiger partial charge in [0.2, 0.25) is 0 Å². The van der Waals surface area contributed by atoms with E-state index in [1.807, 2.05) is 67.4 Å². The van der Waals surface area contributed by atoms with Gasteiger partial charge in [-0.1, -0.05) is 30.3 Å². The summed E-state index contributed by atoms with van der Waals surface area (Å²) in [5, 5.41) is 7.84. The maximum atomic E-state index is 12.9. The van der Waals surface area contributed by atoms with Crippen molar-refractivity contribution in [1.82, 2.24) is 15.1 Å². The Hall–Kier alpha value is -3.17. The lowest BCUT2D eigenvalue weighted by Crippen LogP contribution is -2.50. The Morgan fingerprint density at radius 2 is 1.91 bits per heavy atom. The number of aromatic nitrogens is 2. The minimum atomic E-state index is -3.42. The summed E-state index contributed by atoms with van der Waals surface area (Å²) in [4.78, 5) is 8.02. The van der Waals surface area contributed by atoms with E-state index >= 15 is 0 Å². The summed E-state index contributed by atoms with van der Waals surface area (Å²) >= 11 is 0. The number of nitrogens with two attached hydrogens (primary N) is 1. The molecule has 0 fully saturated rings. The second-order valence-corrected chi connectivity index (χ2v) is 10.7. The zero-order valence-electron chi connectivity index (χ0n) is 18.6. The van der Waals surface area contributed by atoms with Crippen molar-refractivity contribution < 1.29 is 8.42 Å². The third-order valence-electron chi connectivity index (χ3n) is 5.75. The fourth-order valence-electron chi connectivity index (χ4n) is 3.72. The van der Waals surface area contributed by atoms with Gasteiger partial charge < -0.3 is 9.80 Å². The van der Waals surface area contributed by atoms with E-state index in [1.165, 1.54) is 0 Å². The number of allylic oxidation sites excluding steroid dienone is 1. The lowest BCUT2D eigenvalue weighted by molar-refractivity contribution is 0.292. The maximum Gasteiger partial charge on any atom is 0.175 e. The van der Waals surface area contributed by atoms with Gasteiger partial charge in [-0.2, -0.15) is 5.10 Å². The molecule has 3 N–H and O–H groups in total. The molecule has 0 saturated heterocycles. The predicted molar refractivity (Wildman–Crippen MR) is 130 cm³/mol. The Balaban J connectivity index is 1.88. The number of nitrogens with zero attached hydrogens (tertiary/aromatic N) is 4. The van der Waals surface area contributed by atoms with Gasteiger partial charge in [-0.3, -0.25) is 15.8 Å². The van der Waals surface area contributed by atoms with Crippen LogP contribution in [0.25, 0.3) is 16.5 Å². The molecule has 9 heteroatoms. The molecule has 0 radical (unpaired) electrons. The highest BCUT2D eigenvalue weighted by Gasteiger charge is 2.32. The predicted octanol–water partition coefficient (Wildman–Crippen LogP) is 3.09. The molecule has 168 valence electrons. The molecule has 0 saturated carbocycles. The molecule has 0 spiro atoms. The second-order valence-electron chi connectivity index (χ2n) is 8.20. The van der Waals surface area contributed by atoms with Crippen molar-refractivity contribution >= 4 is 38.2 Å². The molecule has 1 aliphatic heterocycles. The number of hydrogen-bond donors (Lipinski definition) is 2. The lowest BCUT2D eigenvalue weighted by atomic mass is 10.0. The largest absolute Gasteiger partial charge is 0.330 e. The van der Waals surface area contributed by atoms with Gasteiger partial charge >= 0.3 is 0 Å². The van der Waals surface area contributed by atoms with Crippen LogP contribution < -0.4 is 10.6 Å². The molecule has 1 atom stereocenters. The minimum absolute atomic E-state index is 0.232. The summed E-state index contributed by atoms with van der Waals surface area (Å²) in [6.07, 6.45) is 0.912. The first-order chi connectivity index (χ1) is 15.2. The summed E-state index contributed by atoms with van der Waals surface area (Å²) < 4.78 is 25.7. The average molecular weight is 453 g/mol. The van der Waals surface area contributed by atoms with Gasteiger partial charge in [0, 0.05) is 29.9 Å². The zero-order valence-corrected chi connectivity index (χ0v) is 19.5. The number of aromatic amines is 1. The average Bonchev–Trinajstić information content (AvgIpc) is 3.15. The molecule has 1 aromatic heterocycles. The van der Waals surface area contributed by atoms with Gasteiger partial charge in [-0.25, -0.2) is 8.42 Å². The molecule has 3 aromatic rings. The Bertz CT molecular complexity index is 1290. The molecule has 2 aromatic carbocycles. The summed E-state index contributed by atoms with van der Waals surface area (Å²) in [6.45, 7) is 5.30. The van der Waals surface area contributed by atoms with Crippen LogP contribution in [0.5, 0.6) is 0 Å². The van der Waals surface area contributed by atoms with Crippen LogP contribution in [0.3, 0.4) is 0 Å². The van der Waals surface area contributed by atoms with Crippen molar-refractivity contribution in [1.29, 1.82) is 0 Å². The Morgan fingerprint density at radius 1 is 1.19 bits per heavy atom. The third kappa shape index (κ3) is 4.01. The van der Waals surface area contributed by atoms with Crippen LogP contribution in [-0.4, -0.2) is 54.2 Å². The minimum Gasteiger partial charge on any atom is -0.330 e. The fourth-order valence-corrected chi connectivity index (χ4v) is 4.68. The van der Waals surface area contributed by atoms with E-state index < -0.39 is 21.4 Å². The van der Waals surface area contributed by atoms with E-state index in [1.54, 1.807) is 25.0 Å². The summed E-state index contributed by atoms with van der Waals surface area (Å²) in [6, 6.07) is 15.8. The quantitative estimate of drug-likeness (QED) is 0.595. The number of aliphatic imine (C=N–C) groups is 1. The molecule has 1 unspecified atom stereocenters. The van der Waals surface area contributed by atoms with Gasteiger partial charge in [-0.15, -0.1) is 0 Å². The number of hydrogen-bond acceptors (Lipinski definition) is 7.